The molecule has 3 rings (SSSR count). The fraction of sp³-hybridized carbons (Fsp3) is 0.438. The number of benzene rings is 1. The summed E-state index contributed by atoms with van der Waals surface area (Å²) in [5, 5.41) is 0. The predicted molar refractivity (Wildman–Crippen MR) is 90.0 cm³/mol. The summed E-state index contributed by atoms with van der Waals surface area (Å²) in [5.74, 6) is 1.31. The molecule has 122 valence electrons. The Morgan fingerprint density at radius 3 is 2.70 bits per heavy atom. The molecule has 0 spiro atoms. The molecular formula is C16H20N4O2S. The molecule has 2 heterocycles. The minimum absolute atomic E-state index is 0.0650. The fourth-order valence-corrected chi connectivity index (χ4v) is 3.98. The molecule has 1 unspecified atom stereocenters. The molecule has 0 N–H and O–H groups in total. The van der Waals surface area contributed by atoms with E-state index in [1.54, 1.807) is 0 Å². The van der Waals surface area contributed by atoms with Gasteiger partial charge < -0.3 is 4.90 Å². The van der Waals surface area contributed by atoms with E-state index >= 15 is 0 Å². The summed E-state index contributed by atoms with van der Waals surface area (Å²) in [7, 11) is -3.04. The van der Waals surface area contributed by atoms with Crippen molar-refractivity contribution < 1.29 is 8.42 Å². The van der Waals surface area contributed by atoms with E-state index < -0.39 is 9.84 Å². The molecule has 23 heavy (non-hydrogen) atoms. The fourth-order valence-electron chi connectivity index (χ4n) is 2.94. The van der Waals surface area contributed by atoms with Gasteiger partial charge in [0.1, 0.15) is 16.2 Å². The average molecular weight is 332 g/mol. The van der Waals surface area contributed by atoms with Crippen molar-refractivity contribution in [3.05, 3.63) is 36.7 Å². The van der Waals surface area contributed by atoms with E-state index in [9.17, 15) is 8.42 Å². The maximum Gasteiger partial charge on any atom is 0.229 e. The van der Waals surface area contributed by atoms with Gasteiger partial charge in [0.25, 0.3) is 0 Å². The van der Waals surface area contributed by atoms with Gasteiger partial charge in [-0.05, 0) is 19.3 Å². The predicted octanol–water partition coefficient (Wildman–Crippen LogP) is 1.94. The van der Waals surface area contributed by atoms with Crippen molar-refractivity contribution in [3.8, 4) is 11.4 Å². The van der Waals surface area contributed by atoms with Crippen molar-refractivity contribution in [2.75, 3.05) is 23.5 Å². The Balaban J connectivity index is 1.90. The highest BCUT2D eigenvalue weighted by molar-refractivity contribution is 7.90. The first-order valence-corrected chi connectivity index (χ1v) is 9.78. The van der Waals surface area contributed by atoms with Crippen LogP contribution in [-0.4, -0.2) is 48.0 Å². The Morgan fingerprint density at radius 2 is 1.96 bits per heavy atom. The molecule has 6 nitrogen and oxygen atoms in total. The third kappa shape index (κ3) is 4.04. The number of hydrogen-bond donors (Lipinski definition) is 0. The molecule has 0 aliphatic carbocycles. The van der Waals surface area contributed by atoms with E-state index in [1.165, 1.54) is 12.6 Å². The second-order valence-corrected chi connectivity index (χ2v) is 8.10. The molecule has 0 saturated carbocycles. The number of nitrogens with zero attached hydrogens (tertiary/aromatic N) is 4. The highest BCUT2D eigenvalue weighted by Crippen LogP contribution is 2.24. The van der Waals surface area contributed by atoms with Crippen LogP contribution in [0, 0.1) is 0 Å². The largest absolute Gasteiger partial charge is 0.337 e. The molecule has 1 aliphatic rings. The van der Waals surface area contributed by atoms with Crippen LogP contribution in [0.5, 0.6) is 0 Å². The molecule has 1 atom stereocenters. The van der Waals surface area contributed by atoms with E-state index in [4.69, 9.17) is 0 Å². The van der Waals surface area contributed by atoms with Gasteiger partial charge in [0, 0.05) is 24.4 Å². The Bertz CT molecular complexity index is 765. The average Bonchev–Trinajstić information content (AvgIpc) is 2.55. The third-order valence-corrected chi connectivity index (χ3v) is 4.96. The number of anilines is 1. The second-order valence-electron chi connectivity index (χ2n) is 5.91. The topological polar surface area (TPSA) is 76.1 Å². The number of sulfone groups is 1. The zero-order chi connectivity index (χ0) is 16.3. The lowest BCUT2D eigenvalue weighted by Crippen LogP contribution is -2.44. The van der Waals surface area contributed by atoms with Crippen LogP contribution in [0.4, 0.5) is 5.95 Å². The number of rotatable bonds is 4. The first kappa shape index (κ1) is 15.9. The van der Waals surface area contributed by atoms with Crippen LogP contribution in [0.3, 0.4) is 0 Å². The van der Waals surface area contributed by atoms with Crippen molar-refractivity contribution in [2.45, 2.75) is 25.3 Å². The van der Waals surface area contributed by atoms with Gasteiger partial charge in [0.2, 0.25) is 5.95 Å². The van der Waals surface area contributed by atoms with Gasteiger partial charge in [-0.2, -0.15) is 4.98 Å². The van der Waals surface area contributed by atoms with Gasteiger partial charge in [0.05, 0.1) is 5.75 Å². The monoisotopic (exact) mass is 332 g/mol. The zero-order valence-corrected chi connectivity index (χ0v) is 13.9. The SMILES string of the molecule is CS(=O)(=O)CC1CCCCN1c1ncnc(-c2ccccc2)n1. The summed E-state index contributed by atoms with van der Waals surface area (Å²) in [6, 6.07) is 9.65. The normalized spacial score (nSPS) is 18.8. The highest BCUT2D eigenvalue weighted by Gasteiger charge is 2.27. The minimum atomic E-state index is -3.04. The molecule has 1 aromatic carbocycles. The zero-order valence-electron chi connectivity index (χ0n) is 13.1. The second kappa shape index (κ2) is 6.62. The molecule has 2 aromatic rings. The highest BCUT2D eigenvalue weighted by atomic mass is 32.2. The molecule has 0 amide bonds. The summed E-state index contributed by atoms with van der Waals surface area (Å²) in [6.07, 6.45) is 5.68. The van der Waals surface area contributed by atoms with Gasteiger partial charge >= 0.3 is 0 Å². The summed E-state index contributed by atoms with van der Waals surface area (Å²) in [6.45, 7) is 0.776. The van der Waals surface area contributed by atoms with Gasteiger partial charge in [0.15, 0.2) is 5.82 Å². The van der Waals surface area contributed by atoms with Crippen LogP contribution in [0.1, 0.15) is 19.3 Å². The molecular weight excluding hydrogens is 312 g/mol. The van der Waals surface area contributed by atoms with Crippen LogP contribution < -0.4 is 4.90 Å². The van der Waals surface area contributed by atoms with Crippen LogP contribution in [0.15, 0.2) is 36.7 Å². The Morgan fingerprint density at radius 1 is 1.17 bits per heavy atom. The standard InChI is InChI=1S/C16H20N4O2S/c1-23(21,22)11-14-9-5-6-10-20(14)16-18-12-17-15(19-16)13-7-3-2-4-8-13/h2-4,7-8,12,14H,5-6,9-11H2,1H3. The number of aromatic nitrogens is 3. The van der Waals surface area contributed by atoms with Gasteiger partial charge in [-0.1, -0.05) is 30.3 Å². The molecule has 1 aromatic heterocycles. The van der Waals surface area contributed by atoms with E-state index in [0.29, 0.717) is 11.8 Å². The van der Waals surface area contributed by atoms with E-state index in [0.717, 1.165) is 31.4 Å². The van der Waals surface area contributed by atoms with E-state index in [2.05, 4.69) is 15.0 Å². The lowest BCUT2D eigenvalue weighted by molar-refractivity contribution is 0.473. The molecule has 0 bridgehead atoms. The Hall–Kier alpha value is -2.02. The van der Waals surface area contributed by atoms with Crippen molar-refractivity contribution in [1.29, 1.82) is 0 Å². The summed E-state index contributed by atoms with van der Waals surface area (Å²) < 4.78 is 23.4. The maximum atomic E-state index is 11.7. The van der Waals surface area contributed by atoms with Crippen LogP contribution in [0.2, 0.25) is 0 Å². The first-order valence-electron chi connectivity index (χ1n) is 7.72. The van der Waals surface area contributed by atoms with Crippen molar-refractivity contribution in [2.24, 2.45) is 0 Å². The van der Waals surface area contributed by atoms with Crippen molar-refractivity contribution in [1.82, 2.24) is 15.0 Å². The summed E-state index contributed by atoms with van der Waals surface area (Å²) in [5.41, 5.74) is 0.924. The minimum Gasteiger partial charge on any atom is -0.337 e. The quantitative estimate of drug-likeness (QED) is 0.852. The smallest absolute Gasteiger partial charge is 0.229 e. The molecule has 0 radical (unpaired) electrons. The van der Waals surface area contributed by atoms with Crippen LogP contribution in [-0.2, 0) is 9.84 Å². The van der Waals surface area contributed by atoms with Crippen molar-refractivity contribution >= 4 is 15.8 Å². The first-order chi connectivity index (χ1) is 11.0. The van der Waals surface area contributed by atoms with E-state index in [1.807, 2.05) is 35.2 Å². The Kier molecular flexibility index (Phi) is 4.56. The van der Waals surface area contributed by atoms with Crippen molar-refractivity contribution in [3.63, 3.8) is 0 Å². The third-order valence-electron chi connectivity index (χ3n) is 3.97. The van der Waals surface area contributed by atoms with Gasteiger partial charge in [-0.15, -0.1) is 0 Å². The summed E-state index contributed by atoms with van der Waals surface area (Å²) in [4.78, 5) is 15.1. The summed E-state index contributed by atoms with van der Waals surface area (Å²) >= 11 is 0. The van der Waals surface area contributed by atoms with Gasteiger partial charge in [-0.3, -0.25) is 0 Å². The maximum absolute atomic E-state index is 11.7. The lowest BCUT2D eigenvalue weighted by Gasteiger charge is -2.35. The molecule has 1 fully saturated rings. The van der Waals surface area contributed by atoms with E-state index in [-0.39, 0.29) is 11.8 Å². The number of hydrogen-bond acceptors (Lipinski definition) is 6. The Labute approximate surface area is 136 Å². The molecule has 1 saturated heterocycles. The lowest BCUT2D eigenvalue weighted by atomic mass is 10.0. The molecule has 1 aliphatic heterocycles. The number of piperidine rings is 1. The van der Waals surface area contributed by atoms with Crippen LogP contribution in [0.25, 0.3) is 11.4 Å². The molecule has 7 heteroatoms. The van der Waals surface area contributed by atoms with Crippen LogP contribution >= 0.6 is 0 Å². The van der Waals surface area contributed by atoms with Gasteiger partial charge in [-0.25, -0.2) is 18.4 Å².